The summed E-state index contributed by atoms with van der Waals surface area (Å²) in [6.45, 7) is 11.0. The predicted octanol–water partition coefficient (Wildman–Crippen LogP) is 3.64. The molecular weight excluding hydrogens is 158 g/mol. The number of nitrogens with zero attached hydrogens (tertiary/aromatic N) is 1. The van der Waals surface area contributed by atoms with E-state index >= 15 is 0 Å². The topological polar surface area (TPSA) is 12.9 Å². The van der Waals surface area contributed by atoms with Crippen LogP contribution in [-0.4, -0.2) is 4.98 Å². The first-order valence-corrected chi connectivity index (χ1v) is 4.98. The molecule has 0 bridgehead atoms. The lowest BCUT2D eigenvalue weighted by atomic mass is 9.92. The zero-order chi connectivity index (χ0) is 10.0. The van der Waals surface area contributed by atoms with E-state index in [9.17, 15) is 0 Å². The Morgan fingerprint density at radius 2 is 1.54 bits per heavy atom. The van der Waals surface area contributed by atoms with Crippen LogP contribution in [0.25, 0.3) is 0 Å². The molecule has 1 aromatic heterocycles. The van der Waals surface area contributed by atoms with Crippen molar-refractivity contribution < 1.29 is 0 Å². The van der Waals surface area contributed by atoms with Crippen molar-refractivity contribution >= 4 is 0 Å². The molecule has 72 valence electrons. The van der Waals surface area contributed by atoms with Gasteiger partial charge in [0.1, 0.15) is 0 Å². The molecule has 0 N–H and O–H groups in total. The second-order valence-electron chi connectivity index (χ2n) is 4.26. The molecule has 0 spiro atoms. The molecule has 1 nitrogen and oxygen atoms in total. The van der Waals surface area contributed by atoms with E-state index in [0.29, 0.717) is 11.8 Å². The van der Waals surface area contributed by atoms with Gasteiger partial charge in [0.25, 0.3) is 0 Å². The summed E-state index contributed by atoms with van der Waals surface area (Å²) in [5, 5.41) is 0. The molecule has 0 saturated carbocycles. The maximum Gasteiger partial charge on any atom is 0.0375 e. The summed E-state index contributed by atoms with van der Waals surface area (Å²) in [5.74, 6) is 1.17. The Bertz CT molecular complexity index is 287. The van der Waals surface area contributed by atoms with Gasteiger partial charge in [-0.2, -0.15) is 0 Å². The van der Waals surface area contributed by atoms with Crippen LogP contribution in [0.3, 0.4) is 0 Å². The summed E-state index contributed by atoms with van der Waals surface area (Å²) < 4.78 is 0. The average Bonchev–Trinajstić information content (AvgIpc) is 2.03. The molecule has 0 aliphatic carbocycles. The number of aromatic nitrogens is 1. The van der Waals surface area contributed by atoms with Crippen LogP contribution in [-0.2, 0) is 0 Å². The van der Waals surface area contributed by atoms with Gasteiger partial charge in [0.05, 0.1) is 0 Å². The van der Waals surface area contributed by atoms with Gasteiger partial charge in [-0.3, -0.25) is 4.98 Å². The van der Waals surface area contributed by atoms with Gasteiger partial charge in [0.15, 0.2) is 0 Å². The largest absolute Gasteiger partial charge is 0.261 e. The lowest BCUT2D eigenvalue weighted by Crippen LogP contribution is -2.00. The molecular formula is C12H19N. The van der Waals surface area contributed by atoms with Crippen LogP contribution in [0.4, 0.5) is 0 Å². The lowest BCUT2D eigenvalue weighted by molar-refractivity contribution is 0.779. The molecule has 0 aliphatic heterocycles. The van der Waals surface area contributed by atoms with Crippen molar-refractivity contribution in [2.45, 2.75) is 46.5 Å². The maximum atomic E-state index is 4.34. The van der Waals surface area contributed by atoms with Crippen molar-refractivity contribution in [2.24, 2.45) is 0 Å². The highest BCUT2D eigenvalue weighted by Gasteiger charge is 2.09. The third-order valence-electron chi connectivity index (χ3n) is 2.35. The van der Waals surface area contributed by atoms with E-state index < -0.39 is 0 Å². The molecule has 0 amide bonds. The summed E-state index contributed by atoms with van der Waals surface area (Å²) >= 11 is 0. The van der Waals surface area contributed by atoms with Gasteiger partial charge in [-0.05, 0) is 36.0 Å². The first-order chi connectivity index (χ1) is 6.02. The number of hydrogen-bond acceptors (Lipinski definition) is 1. The number of aryl methyl sites for hydroxylation is 1. The Hall–Kier alpha value is -0.850. The molecule has 0 aliphatic rings. The highest BCUT2D eigenvalue weighted by molar-refractivity contribution is 5.31. The standard InChI is InChI=1S/C12H19N/c1-8(2)11-6-10(5)13-7-12(11)9(3)4/h6-9H,1-5H3. The zero-order valence-corrected chi connectivity index (χ0v) is 9.26. The van der Waals surface area contributed by atoms with Gasteiger partial charge in [0, 0.05) is 11.9 Å². The van der Waals surface area contributed by atoms with Crippen LogP contribution >= 0.6 is 0 Å². The predicted molar refractivity (Wildman–Crippen MR) is 57.2 cm³/mol. The molecule has 1 rings (SSSR count). The molecule has 0 aromatic carbocycles. The molecule has 0 unspecified atom stereocenters. The third-order valence-corrected chi connectivity index (χ3v) is 2.35. The average molecular weight is 177 g/mol. The molecule has 0 radical (unpaired) electrons. The van der Waals surface area contributed by atoms with E-state index in [1.807, 2.05) is 6.20 Å². The smallest absolute Gasteiger partial charge is 0.0375 e. The van der Waals surface area contributed by atoms with Crippen molar-refractivity contribution in [1.29, 1.82) is 0 Å². The van der Waals surface area contributed by atoms with E-state index in [2.05, 4.69) is 45.7 Å². The molecule has 1 heterocycles. The second kappa shape index (κ2) is 3.91. The Morgan fingerprint density at radius 1 is 1.00 bits per heavy atom. The Labute approximate surface area is 81.2 Å². The van der Waals surface area contributed by atoms with E-state index in [0.717, 1.165) is 5.69 Å². The molecule has 0 atom stereocenters. The lowest BCUT2D eigenvalue weighted by Gasteiger charge is -2.15. The van der Waals surface area contributed by atoms with Crippen molar-refractivity contribution in [1.82, 2.24) is 4.98 Å². The van der Waals surface area contributed by atoms with E-state index in [4.69, 9.17) is 0 Å². The molecule has 13 heavy (non-hydrogen) atoms. The SMILES string of the molecule is Cc1cc(C(C)C)c(C(C)C)cn1. The fraction of sp³-hybridized carbons (Fsp3) is 0.583. The summed E-state index contributed by atoms with van der Waals surface area (Å²) in [6, 6.07) is 2.21. The Balaban J connectivity index is 3.19. The molecule has 1 aromatic rings. The summed E-state index contributed by atoms with van der Waals surface area (Å²) in [7, 11) is 0. The Kier molecular flexibility index (Phi) is 3.07. The van der Waals surface area contributed by atoms with Gasteiger partial charge in [-0.25, -0.2) is 0 Å². The van der Waals surface area contributed by atoms with Crippen LogP contribution < -0.4 is 0 Å². The molecule has 0 fully saturated rings. The minimum Gasteiger partial charge on any atom is -0.261 e. The summed E-state index contributed by atoms with van der Waals surface area (Å²) in [6.07, 6.45) is 2.02. The minimum atomic E-state index is 0.575. The normalized spacial score (nSPS) is 11.3. The highest BCUT2D eigenvalue weighted by atomic mass is 14.7. The number of hydrogen-bond donors (Lipinski definition) is 0. The first-order valence-electron chi connectivity index (χ1n) is 4.98. The highest BCUT2D eigenvalue weighted by Crippen LogP contribution is 2.25. The van der Waals surface area contributed by atoms with Crippen molar-refractivity contribution in [3.05, 3.63) is 29.1 Å². The summed E-state index contributed by atoms with van der Waals surface area (Å²) in [4.78, 5) is 4.34. The van der Waals surface area contributed by atoms with Crippen molar-refractivity contribution in [3.8, 4) is 0 Å². The van der Waals surface area contributed by atoms with Gasteiger partial charge < -0.3 is 0 Å². The van der Waals surface area contributed by atoms with E-state index in [1.54, 1.807) is 0 Å². The fourth-order valence-corrected chi connectivity index (χ4v) is 1.57. The van der Waals surface area contributed by atoms with E-state index in [1.165, 1.54) is 11.1 Å². The monoisotopic (exact) mass is 177 g/mol. The van der Waals surface area contributed by atoms with Gasteiger partial charge in [-0.1, -0.05) is 27.7 Å². The van der Waals surface area contributed by atoms with Crippen LogP contribution in [0.2, 0.25) is 0 Å². The Morgan fingerprint density at radius 3 is 2.00 bits per heavy atom. The zero-order valence-electron chi connectivity index (χ0n) is 9.26. The van der Waals surface area contributed by atoms with Crippen LogP contribution in [0.5, 0.6) is 0 Å². The number of rotatable bonds is 2. The quantitative estimate of drug-likeness (QED) is 0.672. The molecule has 1 heteroatoms. The molecule has 0 saturated heterocycles. The van der Waals surface area contributed by atoms with Gasteiger partial charge in [0.2, 0.25) is 0 Å². The maximum absolute atomic E-state index is 4.34. The van der Waals surface area contributed by atoms with Gasteiger partial charge in [-0.15, -0.1) is 0 Å². The van der Waals surface area contributed by atoms with Crippen LogP contribution in [0.1, 0.15) is 56.4 Å². The van der Waals surface area contributed by atoms with E-state index in [-0.39, 0.29) is 0 Å². The second-order valence-corrected chi connectivity index (χ2v) is 4.26. The van der Waals surface area contributed by atoms with Crippen LogP contribution in [0.15, 0.2) is 12.3 Å². The van der Waals surface area contributed by atoms with Crippen molar-refractivity contribution in [2.75, 3.05) is 0 Å². The van der Waals surface area contributed by atoms with Crippen LogP contribution in [0, 0.1) is 6.92 Å². The van der Waals surface area contributed by atoms with Crippen molar-refractivity contribution in [3.63, 3.8) is 0 Å². The van der Waals surface area contributed by atoms with Gasteiger partial charge >= 0.3 is 0 Å². The fourth-order valence-electron chi connectivity index (χ4n) is 1.57. The minimum absolute atomic E-state index is 0.575. The first kappa shape index (κ1) is 10.2. The third kappa shape index (κ3) is 2.30. The summed E-state index contributed by atoms with van der Waals surface area (Å²) in [5.41, 5.74) is 3.95. The number of pyridine rings is 1.